The average molecular weight is 807 g/mol. The van der Waals surface area contributed by atoms with Gasteiger partial charge in [0.05, 0.1) is 6.61 Å². The largest absolute Gasteiger partial charge is 0.466 e. The topological polar surface area (TPSA) is 69.7 Å². The van der Waals surface area contributed by atoms with Crippen LogP contribution >= 0.6 is 32.9 Å². The monoisotopic (exact) mass is 806 g/mol. The molecule has 3 aromatic carbocycles. The molecule has 0 atom stereocenters. The minimum Gasteiger partial charge on any atom is -0.460 e. The number of ether oxygens (including phenoxy) is 1. The summed E-state index contributed by atoms with van der Waals surface area (Å²) in [6.45, 7) is 11.7. The van der Waals surface area contributed by atoms with Crippen LogP contribution in [0.2, 0.25) is 0 Å². The molecule has 0 saturated carbocycles. The number of benzene rings is 3. The molecule has 260 valence electrons. The molecule has 0 saturated heterocycles. The first-order valence-corrected chi connectivity index (χ1v) is 20.2. The minimum atomic E-state index is -5.97. The maximum absolute atomic E-state index is 15.7. The van der Waals surface area contributed by atoms with E-state index < -0.39 is 37.5 Å². The number of hydrogen-bond acceptors (Lipinski definition) is 5. The summed E-state index contributed by atoms with van der Waals surface area (Å²) in [5, 5.41) is -5.01. The van der Waals surface area contributed by atoms with E-state index >= 15 is 8.78 Å². The predicted octanol–water partition coefficient (Wildman–Crippen LogP) is 10.9. The molecule has 0 radical (unpaired) electrons. The van der Waals surface area contributed by atoms with E-state index in [0.29, 0.717) is 12.8 Å². The van der Waals surface area contributed by atoms with Crippen molar-refractivity contribution in [3.8, 4) is 0 Å². The fourth-order valence-electron chi connectivity index (χ4n) is 4.88. The van der Waals surface area contributed by atoms with Crippen LogP contribution in [0.1, 0.15) is 91.2 Å². The first-order valence-electron chi connectivity index (χ1n) is 15.7. The van der Waals surface area contributed by atoms with Crippen LogP contribution in [-0.2, 0) is 34.1 Å². The van der Waals surface area contributed by atoms with E-state index in [1.165, 1.54) is 12.1 Å². The molecular formula is C36H46F3IO5S2. The average Bonchev–Trinajstić information content (AvgIpc) is 3.00. The lowest BCUT2D eigenvalue weighted by atomic mass is 9.87. The van der Waals surface area contributed by atoms with E-state index in [-0.39, 0.29) is 32.1 Å². The van der Waals surface area contributed by atoms with E-state index in [4.69, 9.17) is 8.37 Å². The third-order valence-electron chi connectivity index (χ3n) is 7.75. The quantitative estimate of drug-likeness (QED) is 0.0662. The third-order valence-corrected chi connectivity index (χ3v) is 13.7. The Balaban J connectivity index is 2.11. The Morgan fingerprint density at radius 1 is 0.660 bits per heavy atom. The summed E-state index contributed by atoms with van der Waals surface area (Å²) >= 11 is 2.31. The molecule has 0 bridgehead atoms. The van der Waals surface area contributed by atoms with Crippen LogP contribution in [0.15, 0.2) is 87.5 Å². The normalized spacial score (nSPS) is 13.4. The van der Waals surface area contributed by atoms with Crippen LogP contribution in [0, 0.1) is 5.82 Å². The molecule has 0 aromatic heterocycles. The lowest BCUT2D eigenvalue weighted by molar-refractivity contribution is -0.161. The molecule has 0 amide bonds. The molecular weight excluding hydrogens is 760 g/mol. The molecule has 47 heavy (non-hydrogen) atoms. The van der Waals surface area contributed by atoms with Crippen LogP contribution in [0.25, 0.3) is 0 Å². The molecule has 0 aliphatic carbocycles. The number of carbonyl (C=O) groups excluding carboxylic acids is 1. The zero-order valence-corrected chi connectivity index (χ0v) is 31.7. The zero-order valence-electron chi connectivity index (χ0n) is 28.0. The van der Waals surface area contributed by atoms with Crippen molar-refractivity contribution in [2.45, 2.75) is 111 Å². The Morgan fingerprint density at radius 3 is 1.45 bits per heavy atom. The molecule has 0 heterocycles. The van der Waals surface area contributed by atoms with Gasteiger partial charge in [0, 0.05) is 14.7 Å². The van der Waals surface area contributed by atoms with Gasteiger partial charge in [-0.15, -0.1) is 0 Å². The molecule has 0 unspecified atom stereocenters. The number of alkyl halides is 3. The lowest BCUT2D eigenvalue weighted by Crippen LogP contribution is -2.41. The molecule has 0 aliphatic heterocycles. The Labute approximate surface area is 293 Å². The van der Waals surface area contributed by atoms with Crippen molar-refractivity contribution in [3.05, 3.63) is 89.7 Å². The van der Waals surface area contributed by atoms with Gasteiger partial charge < -0.3 is 4.74 Å². The number of esters is 1. The number of rotatable bonds is 15. The van der Waals surface area contributed by atoms with Gasteiger partial charge in [-0.25, -0.2) is 12.8 Å². The number of unbranched alkanes of at least 4 members (excludes halogenated alkanes) is 5. The summed E-state index contributed by atoms with van der Waals surface area (Å²) in [4.78, 5) is 13.4. The standard InChI is InChI=1S/C36H46F3IO5S2/c1-34(2,3)27-13-19-30(20-14-27)46(32-23-17-29(37)18-24-32,31-21-15-28(16-22-31)35(4,5)6)45-47(42,43)36(38,39)33(41)44-26-12-10-8-7-9-11-25-40/h13-24H,7-12,25-26H2,1-6H3. The van der Waals surface area contributed by atoms with E-state index in [1.54, 1.807) is 48.5 Å². The maximum Gasteiger partial charge on any atom is 0.466 e. The van der Waals surface area contributed by atoms with Gasteiger partial charge in [-0.05, 0) is 98.1 Å². The van der Waals surface area contributed by atoms with Crippen LogP contribution in [-0.4, -0.2) is 30.7 Å². The summed E-state index contributed by atoms with van der Waals surface area (Å²) in [5.74, 6) is -2.80. The molecule has 0 spiro atoms. The lowest BCUT2D eigenvalue weighted by Gasteiger charge is -2.40. The van der Waals surface area contributed by atoms with Crippen molar-refractivity contribution < 1.29 is 34.7 Å². The Morgan fingerprint density at radius 2 is 1.04 bits per heavy atom. The van der Waals surface area contributed by atoms with Gasteiger partial charge in [-0.3, -0.25) is 0 Å². The van der Waals surface area contributed by atoms with Gasteiger partial charge in [0.2, 0.25) is 0 Å². The highest BCUT2D eigenvalue weighted by Gasteiger charge is 2.59. The highest BCUT2D eigenvalue weighted by atomic mass is 127. The van der Waals surface area contributed by atoms with Gasteiger partial charge in [0.15, 0.2) is 0 Å². The first kappa shape index (κ1) is 39.3. The van der Waals surface area contributed by atoms with Gasteiger partial charge in [-0.1, -0.05) is 114 Å². The Kier molecular flexibility index (Phi) is 13.5. The van der Waals surface area contributed by atoms with E-state index in [1.807, 2.05) is 41.5 Å². The van der Waals surface area contributed by atoms with Gasteiger partial charge in [0.1, 0.15) is 5.82 Å². The minimum absolute atomic E-state index is 0.154. The van der Waals surface area contributed by atoms with Crippen molar-refractivity contribution in [2.75, 3.05) is 11.0 Å². The molecule has 11 heteroatoms. The van der Waals surface area contributed by atoms with Crippen LogP contribution in [0.5, 0.6) is 0 Å². The summed E-state index contributed by atoms with van der Waals surface area (Å²) < 4.78 is 84.4. The van der Waals surface area contributed by atoms with Gasteiger partial charge in [0.25, 0.3) is 0 Å². The fourth-order valence-corrected chi connectivity index (χ4v) is 10.4. The van der Waals surface area contributed by atoms with Gasteiger partial charge in [-0.2, -0.15) is 17.2 Å². The number of carbonyl (C=O) groups is 1. The second-order valence-corrected chi connectivity index (χ2v) is 19.1. The number of halogens is 4. The third kappa shape index (κ3) is 9.76. The molecule has 5 nitrogen and oxygen atoms in total. The Bertz CT molecular complexity index is 1510. The SMILES string of the molecule is CC(C)(C)c1ccc(S(OS(=O)(=O)C(F)(F)C(=O)OCCCCCCCCI)(c2ccc(F)cc2)c2ccc(C(C)(C)C)cc2)cc1. The molecule has 0 fully saturated rings. The van der Waals surface area contributed by atoms with E-state index in [9.17, 15) is 17.6 Å². The van der Waals surface area contributed by atoms with Crippen LogP contribution in [0.3, 0.4) is 0 Å². The maximum atomic E-state index is 15.7. The van der Waals surface area contributed by atoms with Gasteiger partial charge >= 0.3 is 21.3 Å². The summed E-state index contributed by atoms with van der Waals surface area (Å²) in [5.41, 5.74) is 1.30. The smallest absolute Gasteiger partial charge is 0.460 e. The first-order chi connectivity index (χ1) is 21.9. The van der Waals surface area contributed by atoms with Crippen LogP contribution in [0.4, 0.5) is 13.2 Å². The van der Waals surface area contributed by atoms with Crippen molar-refractivity contribution in [1.82, 2.24) is 0 Å². The van der Waals surface area contributed by atoms with E-state index in [2.05, 4.69) is 22.6 Å². The molecule has 3 aromatic rings. The van der Waals surface area contributed by atoms with Crippen molar-refractivity contribution in [3.63, 3.8) is 0 Å². The summed E-state index contributed by atoms with van der Waals surface area (Å²) in [7, 11) is -9.50. The fraction of sp³-hybridized carbons (Fsp3) is 0.472. The van der Waals surface area contributed by atoms with Crippen molar-refractivity contribution in [2.24, 2.45) is 0 Å². The molecule has 3 rings (SSSR count). The van der Waals surface area contributed by atoms with Crippen molar-refractivity contribution >= 4 is 49.0 Å². The van der Waals surface area contributed by atoms with Crippen LogP contribution < -0.4 is 0 Å². The van der Waals surface area contributed by atoms with E-state index in [0.717, 1.165) is 53.4 Å². The second-order valence-electron chi connectivity index (χ2n) is 13.5. The predicted molar refractivity (Wildman–Crippen MR) is 192 cm³/mol. The molecule has 0 N–H and O–H groups in total. The number of hydrogen-bond donors (Lipinski definition) is 0. The highest BCUT2D eigenvalue weighted by Crippen LogP contribution is 2.70. The van der Waals surface area contributed by atoms with Crippen molar-refractivity contribution in [1.29, 1.82) is 0 Å². The Hall–Kier alpha value is -2.09. The summed E-state index contributed by atoms with van der Waals surface area (Å²) in [6, 6.07) is 18.6. The zero-order chi connectivity index (χ0) is 35.1. The highest BCUT2D eigenvalue weighted by molar-refractivity contribution is 14.1. The molecule has 0 aliphatic rings. The summed E-state index contributed by atoms with van der Waals surface area (Å²) in [6.07, 6.45) is 5.00. The second kappa shape index (κ2) is 16.1.